The first kappa shape index (κ1) is 18.1. The van der Waals surface area contributed by atoms with Crippen molar-refractivity contribution >= 4 is 21.5 Å². The van der Waals surface area contributed by atoms with Gasteiger partial charge in [0.1, 0.15) is 0 Å². The Hall–Kier alpha value is -3.28. The van der Waals surface area contributed by atoms with E-state index in [1.54, 1.807) is 12.1 Å². The molecule has 0 bridgehead atoms. The van der Waals surface area contributed by atoms with Crippen LogP contribution in [0.3, 0.4) is 0 Å². The Morgan fingerprint density at radius 3 is 1.61 bits per heavy atom. The van der Waals surface area contributed by atoms with Gasteiger partial charge in [0, 0.05) is 5.54 Å². The van der Waals surface area contributed by atoms with Crippen LogP contribution in [0.5, 0.6) is 0 Å². The molecule has 2 aromatic carbocycles. The fourth-order valence-corrected chi connectivity index (χ4v) is 3.61. The molecule has 0 N–H and O–H groups in total. The molecule has 0 aliphatic heterocycles. The minimum atomic E-state index is -0.653. The monoisotopic (exact) mass is 376 g/mol. The molecule has 0 saturated carbocycles. The molecule has 0 aliphatic carbocycles. The van der Waals surface area contributed by atoms with Crippen LogP contribution >= 0.6 is 0 Å². The number of benzene rings is 2. The highest BCUT2D eigenvalue weighted by Gasteiger charge is 2.27. The lowest BCUT2D eigenvalue weighted by Gasteiger charge is -2.22. The zero-order chi connectivity index (χ0) is 20.4. The molecule has 0 amide bonds. The summed E-state index contributed by atoms with van der Waals surface area (Å²) in [5.74, 6) is 0. The van der Waals surface area contributed by atoms with E-state index in [0.717, 1.165) is 10.1 Å². The smallest absolute Gasteiger partial charge is 0.266 e. The lowest BCUT2D eigenvalue weighted by molar-refractivity contribution is 0.328. The van der Waals surface area contributed by atoms with Gasteiger partial charge in [0.05, 0.1) is 27.2 Å². The van der Waals surface area contributed by atoms with Crippen LogP contribution < -0.4 is 22.2 Å². The number of rotatable bonds is 3. The first-order valence-corrected chi connectivity index (χ1v) is 9.19. The Bertz CT molecular complexity index is 1360. The predicted octanol–water partition coefficient (Wildman–Crippen LogP) is 2.36. The average Bonchev–Trinajstić information content (AvgIpc) is 3.06. The number of nitrogens with zero attached hydrogens (tertiary/aromatic N) is 2. The van der Waals surface area contributed by atoms with Crippen molar-refractivity contribution in [3.05, 3.63) is 83.4 Å². The third-order valence-corrected chi connectivity index (χ3v) is 5.65. The minimum Gasteiger partial charge on any atom is -0.269 e. The summed E-state index contributed by atoms with van der Waals surface area (Å²) in [6.45, 7) is 7.45. The second kappa shape index (κ2) is 5.86. The number of aromatic nitrogens is 2. The molecule has 0 aliphatic rings. The Morgan fingerprint density at radius 1 is 0.750 bits per heavy atom. The number of hydrogen-bond donors (Lipinski definition) is 0. The Morgan fingerprint density at radius 2 is 1.18 bits per heavy atom. The van der Waals surface area contributed by atoms with Crippen LogP contribution in [0.25, 0.3) is 27.2 Å². The van der Waals surface area contributed by atoms with E-state index in [1.807, 2.05) is 39.8 Å². The van der Waals surface area contributed by atoms with Crippen molar-refractivity contribution in [2.75, 3.05) is 0 Å². The van der Waals surface area contributed by atoms with E-state index in [2.05, 4.69) is 0 Å². The molecule has 4 rings (SSSR count). The molecule has 6 nitrogen and oxygen atoms in total. The van der Waals surface area contributed by atoms with Crippen molar-refractivity contribution in [3.8, 4) is 5.69 Å². The second-order valence-electron chi connectivity index (χ2n) is 7.84. The van der Waals surface area contributed by atoms with Gasteiger partial charge in [-0.3, -0.25) is 23.7 Å². The summed E-state index contributed by atoms with van der Waals surface area (Å²) in [4.78, 5) is 51.6. The van der Waals surface area contributed by atoms with E-state index in [0.29, 0.717) is 12.1 Å². The van der Waals surface area contributed by atoms with Crippen LogP contribution in [0.2, 0.25) is 0 Å². The topological polar surface area (TPSA) is 78.1 Å². The first-order valence-electron chi connectivity index (χ1n) is 9.19. The molecule has 0 spiro atoms. The summed E-state index contributed by atoms with van der Waals surface area (Å²) in [7, 11) is 0. The highest BCUT2D eigenvalue weighted by Crippen LogP contribution is 2.20. The summed E-state index contributed by atoms with van der Waals surface area (Å²) in [5.41, 5.74) is -1.01. The maximum absolute atomic E-state index is 12.9. The Kier molecular flexibility index (Phi) is 3.79. The van der Waals surface area contributed by atoms with Crippen LogP contribution in [0, 0.1) is 6.92 Å². The lowest BCUT2D eigenvalue weighted by Crippen LogP contribution is -2.40. The van der Waals surface area contributed by atoms with Crippen molar-refractivity contribution in [1.82, 2.24) is 9.13 Å². The largest absolute Gasteiger partial charge is 0.269 e. The van der Waals surface area contributed by atoms with Crippen molar-refractivity contribution in [2.45, 2.75) is 39.7 Å². The van der Waals surface area contributed by atoms with Crippen LogP contribution in [0.4, 0.5) is 0 Å². The van der Waals surface area contributed by atoms with Crippen molar-refractivity contribution < 1.29 is 0 Å². The summed E-state index contributed by atoms with van der Waals surface area (Å²) in [6, 6.07) is 9.82. The third-order valence-electron chi connectivity index (χ3n) is 5.65. The van der Waals surface area contributed by atoms with Crippen LogP contribution in [-0.4, -0.2) is 9.13 Å². The standard InChI is InChI=1S/C22H20N2O4/c1-5-22(3,4)24-20(27)16-10-14-15(11-17(16)21(24)28)19(26)23(18(14)25)13-8-6-12(2)7-9-13/h6-11H,5H2,1-4H3. The fraction of sp³-hybridized carbons (Fsp3) is 0.273. The average molecular weight is 376 g/mol. The molecule has 4 aromatic rings. The molecule has 2 heterocycles. The van der Waals surface area contributed by atoms with E-state index in [-0.39, 0.29) is 21.5 Å². The minimum absolute atomic E-state index is 0.154. The molecule has 2 aromatic heterocycles. The molecule has 0 unspecified atom stereocenters. The molecule has 6 heteroatoms. The Balaban J connectivity index is 2.11. The van der Waals surface area contributed by atoms with Gasteiger partial charge in [-0.05, 0) is 51.5 Å². The summed E-state index contributed by atoms with van der Waals surface area (Å²) in [6.07, 6.45) is 0.594. The molecular weight excluding hydrogens is 356 g/mol. The summed E-state index contributed by atoms with van der Waals surface area (Å²) >= 11 is 0. The maximum atomic E-state index is 12.9. The highest BCUT2D eigenvalue weighted by molar-refractivity contribution is 5.98. The van der Waals surface area contributed by atoms with E-state index in [4.69, 9.17) is 0 Å². The van der Waals surface area contributed by atoms with E-state index < -0.39 is 27.8 Å². The number of fused-ring (bicyclic) bond motifs is 2. The van der Waals surface area contributed by atoms with Gasteiger partial charge in [0.15, 0.2) is 0 Å². The fourth-order valence-electron chi connectivity index (χ4n) is 3.61. The van der Waals surface area contributed by atoms with Crippen LogP contribution in [0.1, 0.15) is 32.8 Å². The molecule has 0 fully saturated rings. The van der Waals surface area contributed by atoms with E-state index >= 15 is 0 Å². The van der Waals surface area contributed by atoms with Gasteiger partial charge in [0.25, 0.3) is 22.2 Å². The van der Waals surface area contributed by atoms with Gasteiger partial charge in [-0.1, -0.05) is 24.6 Å². The molecule has 28 heavy (non-hydrogen) atoms. The lowest BCUT2D eigenvalue weighted by atomic mass is 10.0. The zero-order valence-corrected chi connectivity index (χ0v) is 16.2. The van der Waals surface area contributed by atoms with E-state index in [9.17, 15) is 19.2 Å². The van der Waals surface area contributed by atoms with Gasteiger partial charge in [-0.15, -0.1) is 0 Å². The SMILES string of the molecule is CCC(C)(C)n1c(=O)c2cc3c(=O)n(-c4ccc(C)cc4)c(=O)c3cc2c1=O. The second-order valence-corrected chi connectivity index (χ2v) is 7.84. The molecule has 0 atom stereocenters. The van der Waals surface area contributed by atoms with Gasteiger partial charge >= 0.3 is 0 Å². The van der Waals surface area contributed by atoms with Gasteiger partial charge in [0.2, 0.25) is 0 Å². The molecule has 0 radical (unpaired) electrons. The molecule has 142 valence electrons. The predicted molar refractivity (Wildman–Crippen MR) is 111 cm³/mol. The Labute approximate surface area is 160 Å². The maximum Gasteiger partial charge on any atom is 0.266 e. The van der Waals surface area contributed by atoms with Crippen molar-refractivity contribution in [1.29, 1.82) is 0 Å². The zero-order valence-electron chi connectivity index (χ0n) is 16.2. The quantitative estimate of drug-likeness (QED) is 0.550. The van der Waals surface area contributed by atoms with Crippen LogP contribution in [0.15, 0.2) is 55.6 Å². The first-order chi connectivity index (χ1) is 13.2. The molecule has 0 saturated heterocycles. The van der Waals surface area contributed by atoms with Gasteiger partial charge < -0.3 is 0 Å². The van der Waals surface area contributed by atoms with Crippen molar-refractivity contribution in [2.24, 2.45) is 0 Å². The molecular formula is C22H20N2O4. The van der Waals surface area contributed by atoms with E-state index in [1.165, 1.54) is 16.7 Å². The normalized spacial score (nSPS) is 12.3. The third kappa shape index (κ3) is 2.34. The highest BCUT2D eigenvalue weighted by atomic mass is 16.2. The van der Waals surface area contributed by atoms with Crippen LogP contribution in [-0.2, 0) is 5.54 Å². The van der Waals surface area contributed by atoms with Gasteiger partial charge in [-0.25, -0.2) is 4.57 Å². The summed E-state index contributed by atoms with van der Waals surface area (Å²) in [5, 5.41) is 0.664. The van der Waals surface area contributed by atoms with Gasteiger partial charge in [-0.2, -0.15) is 0 Å². The number of aryl methyl sites for hydroxylation is 1. The number of hydrogen-bond acceptors (Lipinski definition) is 4. The van der Waals surface area contributed by atoms with Crippen molar-refractivity contribution in [3.63, 3.8) is 0 Å². The summed E-state index contributed by atoms with van der Waals surface area (Å²) < 4.78 is 2.31.